The number of hydrogen-bond acceptors (Lipinski definition) is 4. The molecule has 2 N–H and O–H groups in total. The van der Waals surface area contributed by atoms with Crippen LogP contribution in [0.2, 0.25) is 0 Å². The van der Waals surface area contributed by atoms with Gasteiger partial charge in [-0.25, -0.2) is 9.67 Å². The summed E-state index contributed by atoms with van der Waals surface area (Å²) in [5, 5.41) is 18.1. The van der Waals surface area contributed by atoms with Gasteiger partial charge in [0.2, 0.25) is 5.91 Å². The monoisotopic (exact) mass is 328 g/mol. The zero-order chi connectivity index (χ0) is 17.2. The van der Waals surface area contributed by atoms with Gasteiger partial charge in [0.1, 0.15) is 5.82 Å². The topological polar surface area (TPSA) is 80.0 Å². The van der Waals surface area contributed by atoms with Gasteiger partial charge in [0.05, 0.1) is 18.1 Å². The molecule has 1 aliphatic heterocycles. The standard InChI is InChI=1S/C18H24N4O2/c1-3-15-20-17-14(10-7-11-22(17)21-15)19-16(23)12-18(2,24)13-8-5-4-6-9-13/h4-6,8-9,14,24H,3,7,10-12H2,1-2H3,(H,19,23). The lowest BCUT2D eigenvalue weighted by Crippen LogP contribution is -2.37. The summed E-state index contributed by atoms with van der Waals surface area (Å²) in [5.74, 6) is 1.46. The first-order valence-corrected chi connectivity index (χ1v) is 8.50. The summed E-state index contributed by atoms with van der Waals surface area (Å²) < 4.78 is 1.89. The highest BCUT2D eigenvalue weighted by molar-refractivity contribution is 5.77. The average Bonchev–Trinajstić information content (AvgIpc) is 2.99. The molecule has 1 amide bonds. The molecule has 0 fully saturated rings. The van der Waals surface area contributed by atoms with Crippen molar-refractivity contribution in [3.05, 3.63) is 47.5 Å². The quantitative estimate of drug-likeness (QED) is 0.881. The number of nitrogens with one attached hydrogen (secondary N) is 1. The first-order chi connectivity index (χ1) is 11.5. The Kier molecular flexibility index (Phi) is 4.66. The first kappa shape index (κ1) is 16.6. The van der Waals surface area contributed by atoms with Crippen molar-refractivity contribution >= 4 is 5.91 Å². The number of aryl methyl sites for hydroxylation is 2. The molecule has 1 aromatic heterocycles. The summed E-state index contributed by atoms with van der Waals surface area (Å²) in [4.78, 5) is 17.0. The molecule has 6 nitrogen and oxygen atoms in total. The van der Waals surface area contributed by atoms with Crippen LogP contribution in [0.25, 0.3) is 0 Å². The average molecular weight is 328 g/mol. The van der Waals surface area contributed by atoms with Crippen molar-refractivity contribution in [1.82, 2.24) is 20.1 Å². The van der Waals surface area contributed by atoms with Gasteiger partial charge in [0.25, 0.3) is 0 Å². The lowest BCUT2D eigenvalue weighted by molar-refractivity contribution is -0.126. The molecule has 0 radical (unpaired) electrons. The number of benzene rings is 1. The third kappa shape index (κ3) is 3.48. The van der Waals surface area contributed by atoms with Crippen LogP contribution in [0.4, 0.5) is 0 Å². The Bertz CT molecular complexity index is 709. The maximum absolute atomic E-state index is 12.5. The molecular formula is C18H24N4O2. The van der Waals surface area contributed by atoms with E-state index in [2.05, 4.69) is 15.4 Å². The highest BCUT2D eigenvalue weighted by atomic mass is 16.3. The third-order valence-corrected chi connectivity index (χ3v) is 4.47. The predicted molar refractivity (Wildman–Crippen MR) is 90.1 cm³/mol. The van der Waals surface area contributed by atoms with Gasteiger partial charge < -0.3 is 10.4 Å². The number of rotatable bonds is 5. The molecule has 2 aromatic rings. The Hall–Kier alpha value is -2.21. The largest absolute Gasteiger partial charge is 0.385 e. The van der Waals surface area contributed by atoms with Gasteiger partial charge in [0.15, 0.2) is 5.82 Å². The van der Waals surface area contributed by atoms with Crippen molar-refractivity contribution in [2.24, 2.45) is 0 Å². The lowest BCUT2D eigenvalue weighted by Gasteiger charge is -2.27. The van der Waals surface area contributed by atoms with E-state index in [9.17, 15) is 9.90 Å². The van der Waals surface area contributed by atoms with E-state index >= 15 is 0 Å². The molecule has 0 aliphatic carbocycles. The summed E-state index contributed by atoms with van der Waals surface area (Å²) in [6.07, 6.45) is 2.60. The van der Waals surface area contributed by atoms with Crippen molar-refractivity contribution < 1.29 is 9.90 Å². The van der Waals surface area contributed by atoms with E-state index in [0.29, 0.717) is 0 Å². The third-order valence-electron chi connectivity index (χ3n) is 4.47. The Morgan fingerprint density at radius 2 is 2.17 bits per heavy atom. The van der Waals surface area contributed by atoms with E-state index in [1.54, 1.807) is 6.92 Å². The minimum atomic E-state index is -1.19. The van der Waals surface area contributed by atoms with E-state index < -0.39 is 5.60 Å². The molecular weight excluding hydrogens is 304 g/mol. The van der Waals surface area contributed by atoms with Gasteiger partial charge in [-0.05, 0) is 25.3 Å². The van der Waals surface area contributed by atoms with Crippen molar-refractivity contribution in [1.29, 1.82) is 0 Å². The number of aliphatic hydroxyl groups is 1. The molecule has 1 aliphatic rings. The summed E-state index contributed by atoms with van der Waals surface area (Å²) in [5.41, 5.74) is -0.456. The fraction of sp³-hybridized carbons (Fsp3) is 0.500. The molecule has 0 saturated carbocycles. The van der Waals surface area contributed by atoms with Gasteiger partial charge >= 0.3 is 0 Å². The number of fused-ring (bicyclic) bond motifs is 1. The zero-order valence-electron chi connectivity index (χ0n) is 14.2. The Labute approximate surface area is 141 Å². The van der Waals surface area contributed by atoms with Crippen molar-refractivity contribution in [2.45, 2.75) is 57.7 Å². The van der Waals surface area contributed by atoms with Crippen molar-refractivity contribution in [2.75, 3.05) is 0 Å². The molecule has 128 valence electrons. The Balaban J connectivity index is 1.69. The fourth-order valence-electron chi connectivity index (χ4n) is 3.14. The maximum Gasteiger partial charge on any atom is 0.223 e. The second-order valence-corrected chi connectivity index (χ2v) is 6.54. The van der Waals surface area contributed by atoms with Crippen LogP contribution in [0.15, 0.2) is 30.3 Å². The number of aromatic nitrogens is 3. The maximum atomic E-state index is 12.5. The van der Waals surface area contributed by atoms with Crippen LogP contribution in [0.5, 0.6) is 0 Å². The highest BCUT2D eigenvalue weighted by Crippen LogP contribution is 2.27. The van der Waals surface area contributed by atoms with Crippen LogP contribution >= 0.6 is 0 Å². The number of hydrogen-bond donors (Lipinski definition) is 2. The summed E-state index contributed by atoms with van der Waals surface area (Å²) in [6.45, 7) is 4.53. The minimum Gasteiger partial charge on any atom is -0.385 e. The van der Waals surface area contributed by atoms with Gasteiger partial charge in [-0.3, -0.25) is 4.79 Å². The molecule has 0 bridgehead atoms. The molecule has 2 unspecified atom stereocenters. The van der Waals surface area contributed by atoms with E-state index in [-0.39, 0.29) is 18.4 Å². The fourth-order valence-corrected chi connectivity index (χ4v) is 3.14. The van der Waals surface area contributed by atoms with Gasteiger partial charge in [-0.15, -0.1) is 0 Å². The van der Waals surface area contributed by atoms with Gasteiger partial charge in [-0.2, -0.15) is 5.10 Å². The molecule has 2 atom stereocenters. The second kappa shape index (κ2) is 6.73. The van der Waals surface area contributed by atoms with Crippen molar-refractivity contribution in [3.8, 4) is 0 Å². The van der Waals surface area contributed by atoms with Crippen LogP contribution in [0, 0.1) is 0 Å². The normalized spacial score (nSPS) is 19.4. The van der Waals surface area contributed by atoms with Crippen LogP contribution < -0.4 is 5.32 Å². The number of amides is 1. The van der Waals surface area contributed by atoms with E-state index in [0.717, 1.165) is 43.0 Å². The van der Waals surface area contributed by atoms with Crippen LogP contribution in [0.3, 0.4) is 0 Å². The van der Waals surface area contributed by atoms with E-state index in [1.165, 1.54) is 0 Å². The number of carbonyl (C=O) groups is 1. The van der Waals surface area contributed by atoms with Crippen molar-refractivity contribution in [3.63, 3.8) is 0 Å². The van der Waals surface area contributed by atoms with E-state index in [1.807, 2.05) is 41.9 Å². The van der Waals surface area contributed by atoms with Crippen LogP contribution in [0.1, 0.15) is 56.4 Å². The lowest BCUT2D eigenvalue weighted by atomic mass is 9.92. The zero-order valence-corrected chi connectivity index (χ0v) is 14.2. The molecule has 24 heavy (non-hydrogen) atoms. The summed E-state index contributed by atoms with van der Waals surface area (Å²) >= 11 is 0. The van der Waals surface area contributed by atoms with Gasteiger partial charge in [0, 0.05) is 13.0 Å². The molecule has 0 spiro atoms. The second-order valence-electron chi connectivity index (χ2n) is 6.54. The SMILES string of the molecule is CCc1nc2n(n1)CCCC2NC(=O)CC(C)(O)c1ccccc1. The Morgan fingerprint density at radius 3 is 2.88 bits per heavy atom. The van der Waals surface area contributed by atoms with Crippen LogP contribution in [-0.2, 0) is 23.4 Å². The molecule has 2 heterocycles. The molecule has 6 heteroatoms. The highest BCUT2D eigenvalue weighted by Gasteiger charge is 2.30. The molecule has 1 aromatic carbocycles. The van der Waals surface area contributed by atoms with Crippen LogP contribution in [-0.4, -0.2) is 25.8 Å². The Morgan fingerprint density at radius 1 is 1.42 bits per heavy atom. The smallest absolute Gasteiger partial charge is 0.223 e. The van der Waals surface area contributed by atoms with E-state index in [4.69, 9.17) is 0 Å². The number of carbonyl (C=O) groups excluding carboxylic acids is 1. The number of nitrogens with zero attached hydrogens (tertiary/aromatic N) is 3. The predicted octanol–water partition coefficient (Wildman–Crippen LogP) is 2.09. The summed E-state index contributed by atoms with van der Waals surface area (Å²) in [7, 11) is 0. The minimum absolute atomic E-state index is 0.0162. The van der Waals surface area contributed by atoms with Gasteiger partial charge in [-0.1, -0.05) is 37.3 Å². The molecule has 3 rings (SSSR count). The summed E-state index contributed by atoms with van der Waals surface area (Å²) in [6, 6.07) is 9.14. The molecule has 0 saturated heterocycles. The first-order valence-electron chi connectivity index (χ1n) is 8.50.